The molecule has 0 spiro atoms. The second kappa shape index (κ2) is 6.84. The van der Waals surface area contributed by atoms with Crippen molar-refractivity contribution in [3.8, 4) is 0 Å². The van der Waals surface area contributed by atoms with Crippen molar-refractivity contribution in [2.45, 2.75) is 24.3 Å². The number of benzene rings is 1. The van der Waals surface area contributed by atoms with Crippen molar-refractivity contribution in [2.24, 2.45) is 0 Å². The number of ketones is 1. The highest BCUT2D eigenvalue weighted by Gasteiger charge is 2.19. The zero-order valence-electron chi connectivity index (χ0n) is 13.3. The smallest absolute Gasteiger partial charge is 0.237 e. The lowest BCUT2D eigenvalue weighted by molar-refractivity contribution is -0.115. The fraction of sp³-hybridized carbons (Fsp3) is 0.176. The monoisotopic (exact) mass is 340 g/mol. The first kappa shape index (κ1) is 16.2. The topological polar surface area (TPSA) is 76.4 Å². The molecule has 0 saturated heterocycles. The van der Waals surface area contributed by atoms with Gasteiger partial charge in [-0.3, -0.25) is 14.0 Å². The normalized spacial score (nSPS) is 12.1. The minimum Gasteiger partial charge on any atom is -0.324 e. The van der Waals surface area contributed by atoms with Gasteiger partial charge >= 0.3 is 0 Å². The molecule has 0 radical (unpaired) electrons. The van der Waals surface area contributed by atoms with Crippen molar-refractivity contribution < 1.29 is 9.59 Å². The Labute approximate surface area is 143 Å². The number of Topliss-reactive ketones (excluding diaryl/α,β-unsaturated/α-hetero) is 1. The average molecular weight is 340 g/mol. The molecular weight excluding hydrogens is 324 g/mol. The van der Waals surface area contributed by atoms with Crippen LogP contribution in [0.1, 0.15) is 24.2 Å². The zero-order valence-corrected chi connectivity index (χ0v) is 14.1. The Balaban J connectivity index is 1.75. The Bertz CT molecular complexity index is 906. The summed E-state index contributed by atoms with van der Waals surface area (Å²) in [6.07, 6.45) is 1.85. The molecule has 1 N–H and O–H groups in total. The predicted molar refractivity (Wildman–Crippen MR) is 93.4 cm³/mol. The largest absolute Gasteiger partial charge is 0.324 e. The molecule has 2 aromatic heterocycles. The minimum absolute atomic E-state index is 0.0883. The summed E-state index contributed by atoms with van der Waals surface area (Å²) in [6.45, 7) is 3.27. The molecular formula is C17H16N4O2S. The first-order valence-electron chi connectivity index (χ1n) is 7.43. The molecule has 1 aromatic carbocycles. The second-order valence-electron chi connectivity index (χ2n) is 5.26. The van der Waals surface area contributed by atoms with Crippen molar-refractivity contribution >= 4 is 34.8 Å². The first-order chi connectivity index (χ1) is 11.6. The lowest BCUT2D eigenvalue weighted by Crippen LogP contribution is -2.23. The van der Waals surface area contributed by atoms with Gasteiger partial charge in [-0.15, -0.1) is 10.2 Å². The highest BCUT2D eigenvalue weighted by atomic mass is 32.2. The number of carbonyl (C=O) groups is 2. The summed E-state index contributed by atoms with van der Waals surface area (Å²) in [5, 5.41) is 11.2. The summed E-state index contributed by atoms with van der Waals surface area (Å²) >= 11 is 1.31. The Morgan fingerprint density at radius 3 is 2.67 bits per heavy atom. The third-order valence-electron chi connectivity index (χ3n) is 3.50. The number of pyridine rings is 1. The van der Waals surface area contributed by atoms with E-state index < -0.39 is 5.25 Å². The number of nitrogens with one attached hydrogen (secondary N) is 1. The van der Waals surface area contributed by atoms with Crippen LogP contribution in [0.3, 0.4) is 0 Å². The molecule has 0 aliphatic rings. The van der Waals surface area contributed by atoms with Crippen molar-refractivity contribution in [2.75, 3.05) is 5.32 Å². The standard InChI is InChI=1S/C17H16N4O2S/c1-11(22)13-7-3-4-8-14(13)18-16(23)12(2)24-17-20-19-15-9-5-6-10-21(15)17/h3-10,12H,1-2H3,(H,18,23)/t12-/m0/s1. The predicted octanol–water partition coefficient (Wildman–Crippen LogP) is 3.05. The van der Waals surface area contributed by atoms with Crippen LogP contribution in [0.15, 0.2) is 53.8 Å². The van der Waals surface area contributed by atoms with Gasteiger partial charge in [0.05, 0.1) is 10.9 Å². The lowest BCUT2D eigenvalue weighted by atomic mass is 10.1. The number of hydrogen-bond acceptors (Lipinski definition) is 5. The molecule has 0 aliphatic carbocycles. The van der Waals surface area contributed by atoms with Crippen LogP contribution < -0.4 is 5.32 Å². The molecule has 24 heavy (non-hydrogen) atoms. The number of rotatable bonds is 5. The van der Waals surface area contributed by atoms with E-state index in [1.807, 2.05) is 28.8 Å². The van der Waals surface area contributed by atoms with E-state index in [1.54, 1.807) is 31.2 Å². The average Bonchev–Trinajstić information content (AvgIpc) is 2.98. The Morgan fingerprint density at radius 1 is 1.12 bits per heavy atom. The Hall–Kier alpha value is -2.67. The third kappa shape index (κ3) is 3.30. The maximum atomic E-state index is 12.4. The number of fused-ring (bicyclic) bond motifs is 1. The van der Waals surface area contributed by atoms with Crippen molar-refractivity contribution in [1.29, 1.82) is 0 Å². The van der Waals surface area contributed by atoms with Crippen LogP contribution in [-0.4, -0.2) is 31.5 Å². The second-order valence-corrected chi connectivity index (χ2v) is 6.57. The van der Waals surface area contributed by atoms with E-state index in [0.29, 0.717) is 16.4 Å². The van der Waals surface area contributed by atoms with E-state index in [-0.39, 0.29) is 11.7 Å². The van der Waals surface area contributed by atoms with Crippen LogP contribution in [0, 0.1) is 0 Å². The number of hydrogen-bond donors (Lipinski definition) is 1. The lowest BCUT2D eigenvalue weighted by Gasteiger charge is -2.13. The van der Waals surface area contributed by atoms with Gasteiger partial charge in [-0.2, -0.15) is 0 Å². The van der Waals surface area contributed by atoms with E-state index in [0.717, 1.165) is 5.65 Å². The Morgan fingerprint density at radius 2 is 1.88 bits per heavy atom. The van der Waals surface area contributed by atoms with Gasteiger partial charge in [-0.05, 0) is 38.1 Å². The van der Waals surface area contributed by atoms with E-state index >= 15 is 0 Å². The molecule has 3 aromatic rings. The molecule has 3 rings (SSSR count). The van der Waals surface area contributed by atoms with E-state index in [1.165, 1.54) is 18.7 Å². The summed E-state index contributed by atoms with van der Waals surface area (Å²) in [5.41, 5.74) is 1.75. The Kier molecular flexibility index (Phi) is 4.61. The number of thioether (sulfide) groups is 1. The molecule has 7 heteroatoms. The molecule has 0 saturated carbocycles. The summed E-state index contributed by atoms with van der Waals surface area (Å²) in [6, 6.07) is 12.6. The number of anilines is 1. The van der Waals surface area contributed by atoms with Crippen molar-refractivity contribution in [1.82, 2.24) is 14.6 Å². The molecule has 122 valence electrons. The van der Waals surface area contributed by atoms with Gasteiger partial charge in [0.15, 0.2) is 16.6 Å². The highest BCUT2D eigenvalue weighted by Crippen LogP contribution is 2.24. The van der Waals surface area contributed by atoms with E-state index in [4.69, 9.17) is 0 Å². The van der Waals surface area contributed by atoms with Crippen molar-refractivity contribution in [3.63, 3.8) is 0 Å². The van der Waals surface area contributed by atoms with Gasteiger partial charge < -0.3 is 5.32 Å². The van der Waals surface area contributed by atoms with Crippen LogP contribution in [-0.2, 0) is 4.79 Å². The van der Waals surface area contributed by atoms with Gasteiger partial charge in [0, 0.05) is 11.8 Å². The molecule has 1 amide bonds. The zero-order chi connectivity index (χ0) is 17.1. The van der Waals surface area contributed by atoms with E-state index in [2.05, 4.69) is 15.5 Å². The first-order valence-corrected chi connectivity index (χ1v) is 8.31. The minimum atomic E-state index is -0.391. The number of nitrogens with zero attached hydrogens (tertiary/aromatic N) is 3. The summed E-state index contributed by atoms with van der Waals surface area (Å²) in [4.78, 5) is 24.1. The van der Waals surface area contributed by atoms with Crippen LogP contribution in [0.5, 0.6) is 0 Å². The fourth-order valence-corrected chi connectivity index (χ4v) is 3.08. The van der Waals surface area contributed by atoms with Crippen LogP contribution in [0.2, 0.25) is 0 Å². The molecule has 0 bridgehead atoms. The molecule has 0 unspecified atom stereocenters. The van der Waals surface area contributed by atoms with Gasteiger partial charge in [-0.25, -0.2) is 0 Å². The molecule has 2 heterocycles. The fourth-order valence-electron chi connectivity index (χ4n) is 2.24. The molecule has 1 atom stereocenters. The maximum absolute atomic E-state index is 12.4. The quantitative estimate of drug-likeness (QED) is 0.571. The van der Waals surface area contributed by atoms with Crippen LogP contribution >= 0.6 is 11.8 Å². The van der Waals surface area contributed by atoms with Crippen LogP contribution in [0.4, 0.5) is 5.69 Å². The third-order valence-corrected chi connectivity index (χ3v) is 4.55. The molecule has 0 fully saturated rings. The number of aromatic nitrogens is 3. The highest BCUT2D eigenvalue weighted by molar-refractivity contribution is 8.00. The van der Waals surface area contributed by atoms with E-state index in [9.17, 15) is 9.59 Å². The van der Waals surface area contributed by atoms with Gasteiger partial charge in [0.25, 0.3) is 0 Å². The van der Waals surface area contributed by atoms with Gasteiger partial charge in [0.2, 0.25) is 5.91 Å². The number of carbonyl (C=O) groups excluding carboxylic acids is 2. The van der Waals surface area contributed by atoms with Crippen molar-refractivity contribution in [3.05, 3.63) is 54.2 Å². The van der Waals surface area contributed by atoms with Gasteiger partial charge in [0.1, 0.15) is 0 Å². The van der Waals surface area contributed by atoms with Crippen LogP contribution in [0.25, 0.3) is 5.65 Å². The summed E-state index contributed by atoms with van der Waals surface area (Å²) < 4.78 is 1.83. The SMILES string of the molecule is CC(=O)c1ccccc1NC(=O)[C@H](C)Sc1nnc2ccccn12. The number of para-hydroxylation sites is 1. The molecule has 6 nitrogen and oxygen atoms in total. The maximum Gasteiger partial charge on any atom is 0.237 e. The van der Waals surface area contributed by atoms with Gasteiger partial charge in [-0.1, -0.05) is 30.0 Å². The summed E-state index contributed by atoms with van der Waals surface area (Å²) in [7, 11) is 0. The molecule has 0 aliphatic heterocycles. The number of amides is 1. The summed E-state index contributed by atoms with van der Waals surface area (Å²) in [5.74, 6) is -0.281.